The molecule has 0 unspecified atom stereocenters. The molecule has 0 bridgehead atoms. The lowest BCUT2D eigenvalue weighted by molar-refractivity contribution is 0.518. The SMILES string of the molecule is CCC1(CNc2nc(C(C)(C)C)nc(N)c2C)CC1. The van der Waals surface area contributed by atoms with Crippen molar-refractivity contribution in [3.8, 4) is 0 Å². The highest BCUT2D eigenvalue weighted by atomic mass is 15.1. The minimum Gasteiger partial charge on any atom is -0.383 e. The van der Waals surface area contributed by atoms with Gasteiger partial charge < -0.3 is 11.1 Å². The van der Waals surface area contributed by atoms with Gasteiger partial charge in [0.1, 0.15) is 17.5 Å². The molecule has 1 aromatic heterocycles. The van der Waals surface area contributed by atoms with Crippen LogP contribution in [0.25, 0.3) is 0 Å². The highest BCUT2D eigenvalue weighted by Gasteiger charge is 2.40. The molecule has 0 saturated heterocycles. The van der Waals surface area contributed by atoms with Gasteiger partial charge in [0, 0.05) is 17.5 Å². The second kappa shape index (κ2) is 4.66. The van der Waals surface area contributed by atoms with Gasteiger partial charge in [-0.3, -0.25) is 0 Å². The van der Waals surface area contributed by atoms with E-state index >= 15 is 0 Å². The van der Waals surface area contributed by atoms with E-state index in [9.17, 15) is 0 Å². The maximum Gasteiger partial charge on any atom is 0.138 e. The molecule has 2 rings (SSSR count). The van der Waals surface area contributed by atoms with E-state index in [1.54, 1.807) is 0 Å². The van der Waals surface area contributed by atoms with E-state index in [-0.39, 0.29) is 5.41 Å². The zero-order chi connectivity index (χ0) is 14.3. The lowest BCUT2D eigenvalue weighted by Crippen LogP contribution is -2.21. The van der Waals surface area contributed by atoms with Gasteiger partial charge in [0.05, 0.1) is 0 Å². The second-order valence-corrected chi connectivity index (χ2v) is 6.86. The molecule has 19 heavy (non-hydrogen) atoms. The van der Waals surface area contributed by atoms with Crippen molar-refractivity contribution in [2.45, 2.75) is 59.3 Å². The van der Waals surface area contributed by atoms with E-state index in [0.29, 0.717) is 11.2 Å². The Hall–Kier alpha value is -1.32. The summed E-state index contributed by atoms with van der Waals surface area (Å²) >= 11 is 0. The molecule has 4 heteroatoms. The number of nitrogen functional groups attached to an aromatic ring is 1. The molecule has 1 aliphatic carbocycles. The van der Waals surface area contributed by atoms with Gasteiger partial charge in [-0.1, -0.05) is 27.7 Å². The predicted octanol–water partition coefficient (Wildman–Crippen LogP) is 3.27. The first-order valence-electron chi connectivity index (χ1n) is 7.16. The van der Waals surface area contributed by atoms with Gasteiger partial charge >= 0.3 is 0 Å². The van der Waals surface area contributed by atoms with E-state index in [2.05, 4.69) is 43.0 Å². The first kappa shape index (κ1) is 14.1. The highest BCUT2D eigenvalue weighted by Crippen LogP contribution is 2.48. The molecule has 0 amide bonds. The maximum atomic E-state index is 6.01. The Bertz CT molecular complexity index is 470. The smallest absolute Gasteiger partial charge is 0.138 e. The second-order valence-electron chi connectivity index (χ2n) is 6.86. The molecular formula is C15H26N4. The summed E-state index contributed by atoms with van der Waals surface area (Å²) in [7, 11) is 0. The third-order valence-corrected chi connectivity index (χ3v) is 4.19. The van der Waals surface area contributed by atoms with Gasteiger partial charge in [0.2, 0.25) is 0 Å². The van der Waals surface area contributed by atoms with Gasteiger partial charge in [-0.15, -0.1) is 0 Å². The Kier molecular flexibility index (Phi) is 3.45. The molecule has 3 N–H and O–H groups in total. The third-order valence-electron chi connectivity index (χ3n) is 4.19. The minimum atomic E-state index is -0.0831. The molecule has 1 fully saturated rings. The fourth-order valence-electron chi connectivity index (χ4n) is 2.14. The van der Waals surface area contributed by atoms with Crippen molar-refractivity contribution < 1.29 is 0 Å². The fraction of sp³-hybridized carbons (Fsp3) is 0.733. The summed E-state index contributed by atoms with van der Waals surface area (Å²) < 4.78 is 0. The van der Waals surface area contributed by atoms with E-state index in [4.69, 9.17) is 5.73 Å². The topological polar surface area (TPSA) is 63.8 Å². The minimum absolute atomic E-state index is 0.0831. The van der Waals surface area contributed by atoms with Gasteiger partial charge in [0.25, 0.3) is 0 Å². The Morgan fingerprint density at radius 1 is 1.26 bits per heavy atom. The largest absolute Gasteiger partial charge is 0.383 e. The number of nitrogens with one attached hydrogen (secondary N) is 1. The number of rotatable bonds is 4. The predicted molar refractivity (Wildman–Crippen MR) is 80.3 cm³/mol. The summed E-state index contributed by atoms with van der Waals surface area (Å²) in [4.78, 5) is 9.08. The van der Waals surface area contributed by atoms with Crippen LogP contribution < -0.4 is 11.1 Å². The first-order chi connectivity index (χ1) is 8.77. The van der Waals surface area contributed by atoms with Crippen molar-refractivity contribution in [2.24, 2.45) is 5.41 Å². The standard InChI is InChI=1S/C15H26N4/c1-6-15(7-8-15)9-17-12-10(2)11(16)18-13(19-12)14(3,4)5/h6-9H2,1-5H3,(H3,16,17,18,19). The average molecular weight is 262 g/mol. The Morgan fingerprint density at radius 2 is 1.89 bits per heavy atom. The molecule has 1 heterocycles. The highest BCUT2D eigenvalue weighted by molar-refractivity contribution is 5.55. The summed E-state index contributed by atoms with van der Waals surface area (Å²) in [6, 6.07) is 0. The summed E-state index contributed by atoms with van der Waals surface area (Å²) in [5.74, 6) is 2.29. The van der Waals surface area contributed by atoms with Crippen LogP contribution in [-0.4, -0.2) is 16.5 Å². The summed E-state index contributed by atoms with van der Waals surface area (Å²) in [5, 5.41) is 3.49. The lowest BCUT2D eigenvalue weighted by Gasteiger charge is -2.21. The number of hydrogen-bond donors (Lipinski definition) is 2. The van der Waals surface area contributed by atoms with Crippen LogP contribution in [0.15, 0.2) is 0 Å². The lowest BCUT2D eigenvalue weighted by atomic mass is 9.95. The molecule has 0 spiro atoms. The Morgan fingerprint density at radius 3 is 2.37 bits per heavy atom. The van der Waals surface area contributed by atoms with Gasteiger partial charge in [-0.25, -0.2) is 9.97 Å². The monoisotopic (exact) mass is 262 g/mol. The number of anilines is 2. The van der Waals surface area contributed by atoms with E-state index < -0.39 is 0 Å². The van der Waals surface area contributed by atoms with Crippen molar-refractivity contribution in [3.63, 3.8) is 0 Å². The Balaban J connectivity index is 2.21. The van der Waals surface area contributed by atoms with Crippen LogP contribution in [0.3, 0.4) is 0 Å². The summed E-state index contributed by atoms with van der Waals surface area (Å²) in [6.45, 7) is 11.6. The summed E-state index contributed by atoms with van der Waals surface area (Å²) in [6.07, 6.45) is 3.87. The molecule has 1 saturated carbocycles. The zero-order valence-electron chi connectivity index (χ0n) is 12.8. The molecule has 0 radical (unpaired) electrons. The molecule has 0 atom stereocenters. The van der Waals surface area contributed by atoms with Crippen molar-refractivity contribution >= 4 is 11.6 Å². The Labute approximate surface area is 116 Å². The zero-order valence-corrected chi connectivity index (χ0v) is 12.8. The quantitative estimate of drug-likeness (QED) is 0.874. The molecular weight excluding hydrogens is 236 g/mol. The number of aromatic nitrogens is 2. The molecule has 0 aliphatic heterocycles. The number of nitrogens with zero attached hydrogens (tertiary/aromatic N) is 2. The van der Waals surface area contributed by atoms with Crippen LogP contribution in [0.2, 0.25) is 0 Å². The molecule has 106 valence electrons. The van der Waals surface area contributed by atoms with Crippen LogP contribution in [0.5, 0.6) is 0 Å². The van der Waals surface area contributed by atoms with Crippen molar-refractivity contribution in [1.29, 1.82) is 0 Å². The molecule has 1 aromatic rings. The number of nitrogens with two attached hydrogens (primary N) is 1. The third kappa shape index (κ3) is 2.99. The van der Waals surface area contributed by atoms with Crippen LogP contribution in [0.1, 0.15) is 58.3 Å². The first-order valence-corrected chi connectivity index (χ1v) is 7.16. The normalized spacial score (nSPS) is 17.3. The van der Waals surface area contributed by atoms with E-state index in [0.717, 1.165) is 23.8 Å². The fourth-order valence-corrected chi connectivity index (χ4v) is 2.14. The summed E-state index contributed by atoms with van der Waals surface area (Å²) in [5.41, 5.74) is 7.38. The van der Waals surface area contributed by atoms with Gasteiger partial charge in [-0.05, 0) is 31.6 Å². The van der Waals surface area contributed by atoms with Crippen LogP contribution in [0.4, 0.5) is 11.6 Å². The van der Waals surface area contributed by atoms with Crippen LogP contribution >= 0.6 is 0 Å². The van der Waals surface area contributed by atoms with Crippen molar-refractivity contribution in [3.05, 3.63) is 11.4 Å². The molecule has 1 aliphatic rings. The van der Waals surface area contributed by atoms with Crippen molar-refractivity contribution in [1.82, 2.24) is 9.97 Å². The molecule has 4 nitrogen and oxygen atoms in total. The van der Waals surface area contributed by atoms with E-state index in [1.165, 1.54) is 19.3 Å². The van der Waals surface area contributed by atoms with Gasteiger partial charge in [0.15, 0.2) is 0 Å². The van der Waals surface area contributed by atoms with Crippen LogP contribution in [-0.2, 0) is 5.41 Å². The molecule has 0 aromatic carbocycles. The van der Waals surface area contributed by atoms with Crippen LogP contribution in [0, 0.1) is 12.3 Å². The van der Waals surface area contributed by atoms with E-state index in [1.807, 2.05) is 6.92 Å². The van der Waals surface area contributed by atoms with Crippen molar-refractivity contribution in [2.75, 3.05) is 17.6 Å². The average Bonchev–Trinajstić information content (AvgIpc) is 3.10. The van der Waals surface area contributed by atoms with Gasteiger partial charge in [-0.2, -0.15) is 0 Å². The number of hydrogen-bond acceptors (Lipinski definition) is 4. The maximum absolute atomic E-state index is 6.01.